The molecule has 0 saturated carbocycles. The van der Waals surface area contributed by atoms with Crippen molar-refractivity contribution < 1.29 is 18.2 Å². The van der Waals surface area contributed by atoms with Crippen LogP contribution in [0, 0.1) is 0 Å². The summed E-state index contributed by atoms with van der Waals surface area (Å²) in [4.78, 5) is 0. The Kier molecular flexibility index (Phi) is 21.0. The summed E-state index contributed by atoms with van der Waals surface area (Å²) in [6, 6.07) is 0. The number of phosphoric acid groups is 1. The predicted octanol–water partition coefficient (Wildman–Crippen LogP) is 8.73. The lowest BCUT2D eigenvalue weighted by Crippen LogP contribution is -2.19. The number of nitrogens with one attached hydrogen (secondary N) is 1. The Morgan fingerprint density at radius 2 is 0.933 bits per heavy atom. The van der Waals surface area contributed by atoms with Crippen LogP contribution in [0.3, 0.4) is 0 Å². The first-order valence-corrected chi connectivity index (χ1v) is 14.2. The largest absolute Gasteiger partial charge is 0.491 e. The number of unbranched alkanes of at least 4 members (excludes halogenated alkanes) is 15. The third-order valence-electron chi connectivity index (χ3n) is 4.99. The highest BCUT2D eigenvalue weighted by molar-refractivity contribution is 7.48. The van der Waals surface area contributed by atoms with Crippen LogP contribution in [-0.2, 0) is 18.2 Å². The van der Waals surface area contributed by atoms with Gasteiger partial charge in [0.1, 0.15) is 0 Å². The zero-order valence-corrected chi connectivity index (χ0v) is 21.7. The first kappa shape index (κ1) is 30.1. The van der Waals surface area contributed by atoms with Gasteiger partial charge in [0.2, 0.25) is 0 Å². The zero-order valence-electron chi connectivity index (χ0n) is 20.8. The summed E-state index contributed by atoms with van der Waals surface area (Å²) in [6.45, 7) is 10.2. The Morgan fingerprint density at radius 3 is 1.27 bits per heavy atom. The molecule has 30 heavy (non-hydrogen) atoms. The number of hydroxylamine groups is 1. The minimum Gasteiger partial charge on any atom is -0.283 e. The highest BCUT2D eigenvalue weighted by Gasteiger charge is 2.30. The lowest BCUT2D eigenvalue weighted by molar-refractivity contribution is 0.0409. The first-order chi connectivity index (χ1) is 14.4. The van der Waals surface area contributed by atoms with Gasteiger partial charge in [-0.2, -0.15) is 10.1 Å². The van der Waals surface area contributed by atoms with Crippen molar-refractivity contribution in [3.63, 3.8) is 0 Å². The maximum atomic E-state index is 12.5. The van der Waals surface area contributed by atoms with Crippen molar-refractivity contribution in [1.29, 1.82) is 0 Å². The van der Waals surface area contributed by atoms with Crippen molar-refractivity contribution in [2.45, 2.75) is 150 Å². The Bertz CT molecular complexity index is 391. The Labute approximate surface area is 188 Å². The summed E-state index contributed by atoms with van der Waals surface area (Å²) in [6.07, 6.45) is 21.2. The van der Waals surface area contributed by atoms with E-state index in [2.05, 4.69) is 12.4 Å². The molecule has 0 aliphatic heterocycles. The molecular weight excluding hydrogens is 397 g/mol. The van der Waals surface area contributed by atoms with Gasteiger partial charge in [0.25, 0.3) is 0 Å². The molecule has 182 valence electrons. The van der Waals surface area contributed by atoms with Crippen LogP contribution in [0.25, 0.3) is 0 Å². The Balaban J connectivity index is 3.40. The molecular formula is C24H52NO4P. The van der Waals surface area contributed by atoms with Crippen molar-refractivity contribution in [3.05, 3.63) is 0 Å². The molecule has 0 aromatic heterocycles. The van der Waals surface area contributed by atoms with E-state index >= 15 is 0 Å². The summed E-state index contributed by atoms with van der Waals surface area (Å²) in [7, 11) is -3.53. The molecule has 6 heteroatoms. The predicted molar refractivity (Wildman–Crippen MR) is 129 cm³/mol. The Morgan fingerprint density at radius 1 is 0.600 bits per heavy atom. The molecule has 0 bridgehead atoms. The molecule has 0 fully saturated rings. The van der Waals surface area contributed by atoms with E-state index in [4.69, 9.17) is 13.7 Å². The van der Waals surface area contributed by atoms with E-state index in [1.807, 2.05) is 27.7 Å². The monoisotopic (exact) mass is 449 g/mol. The van der Waals surface area contributed by atoms with Gasteiger partial charge in [0.15, 0.2) is 0 Å². The quantitative estimate of drug-likeness (QED) is 0.0960. The maximum absolute atomic E-state index is 12.5. The van der Waals surface area contributed by atoms with Crippen LogP contribution >= 0.6 is 7.82 Å². The van der Waals surface area contributed by atoms with Crippen LogP contribution in [0.4, 0.5) is 0 Å². The van der Waals surface area contributed by atoms with E-state index in [0.29, 0.717) is 6.54 Å². The molecule has 0 atom stereocenters. The third kappa shape index (κ3) is 21.3. The second-order valence-electron chi connectivity index (χ2n) is 9.04. The summed E-state index contributed by atoms with van der Waals surface area (Å²) in [5.41, 5.74) is 2.77. The third-order valence-corrected chi connectivity index (χ3v) is 6.70. The zero-order chi connectivity index (χ0) is 22.5. The van der Waals surface area contributed by atoms with Crippen molar-refractivity contribution in [2.75, 3.05) is 6.54 Å². The molecule has 1 N–H and O–H groups in total. The normalized spacial score (nSPS) is 12.4. The second-order valence-corrected chi connectivity index (χ2v) is 10.5. The van der Waals surface area contributed by atoms with Gasteiger partial charge in [-0.15, -0.1) is 0 Å². The molecule has 0 radical (unpaired) electrons. The summed E-state index contributed by atoms with van der Waals surface area (Å²) in [5, 5.41) is 0. The molecule has 0 amide bonds. The van der Waals surface area contributed by atoms with E-state index in [1.54, 1.807) is 0 Å². The number of rotatable bonds is 23. The van der Waals surface area contributed by atoms with Crippen LogP contribution in [0.15, 0.2) is 0 Å². The maximum Gasteiger partial charge on any atom is 0.491 e. The highest BCUT2D eigenvalue weighted by Crippen LogP contribution is 2.50. The summed E-state index contributed by atoms with van der Waals surface area (Å²) < 4.78 is 28.4. The molecule has 0 spiro atoms. The van der Waals surface area contributed by atoms with E-state index in [-0.39, 0.29) is 12.2 Å². The average Bonchev–Trinajstić information content (AvgIpc) is 2.65. The van der Waals surface area contributed by atoms with Gasteiger partial charge in [-0.25, -0.2) is 4.57 Å². The fourth-order valence-electron chi connectivity index (χ4n) is 3.45. The molecule has 0 saturated heterocycles. The van der Waals surface area contributed by atoms with Crippen molar-refractivity contribution in [3.8, 4) is 0 Å². The summed E-state index contributed by atoms with van der Waals surface area (Å²) in [5.74, 6) is 0. The van der Waals surface area contributed by atoms with E-state index in [9.17, 15) is 4.57 Å². The van der Waals surface area contributed by atoms with Crippen LogP contribution in [0.2, 0.25) is 0 Å². The number of phosphoric ester groups is 1. The van der Waals surface area contributed by atoms with Crippen LogP contribution in [0.5, 0.6) is 0 Å². The minimum absolute atomic E-state index is 0.216. The van der Waals surface area contributed by atoms with Crippen molar-refractivity contribution in [2.24, 2.45) is 0 Å². The molecule has 0 aromatic rings. The molecule has 0 heterocycles. The van der Waals surface area contributed by atoms with Gasteiger partial charge in [0.05, 0.1) is 12.2 Å². The topological polar surface area (TPSA) is 56.8 Å². The van der Waals surface area contributed by atoms with Gasteiger partial charge in [-0.1, -0.05) is 103 Å². The standard InChI is InChI=1S/C24H52NO4P/c1-6-7-8-9-10-11-12-13-14-15-16-17-18-19-20-21-22-25-29-30(26,27-23(2)3)28-24(4)5/h23-25H,6-22H2,1-5H3. The van der Waals surface area contributed by atoms with Gasteiger partial charge in [-0.3, -0.25) is 9.05 Å². The van der Waals surface area contributed by atoms with Gasteiger partial charge < -0.3 is 0 Å². The fourth-order valence-corrected chi connectivity index (χ4v) is 4.87. The molecule has 0 aromatic carbocycles. The lowest BCUT2D eigenvalue weighted by atomic mass is 10.0. The first-order valence-electron chi connectivity index (χ1n) is 12.8. The number of hydrogen-bond acceptors (Lipinski definition) is 5. The van der Waals surface area contributed by atoms with Crippen molar-refractivity contribution in [1.82, 2.24) is 5.48 Å². The minimum atomic E-state index is -3.53. The second kappa shape index (κ2) is 20.9. The average molecular weight is 450 g/mol. The molecule has 0 aliphatic carbocycles. The number of hydrogen-bond donors (Lipinski definition) is 1. The summed E-state index contributed by atoms with van der Waals surface area (Å²) >= 11 is 0. The van der Waals surface area contributed by atoms with Crippen LogP contribution in [0.1, 0.15) is 137 Å². The Hall–Kier alpha value is 0.0700. The van der Waals surface area contributed by atoms with Crippen LogP contribution in [-0.4, -0.2) is 18.8 Å². The molecule has 0 aliphatic rings. The SMILES string of the molecule is CCCCCCCCCCCCCCCCCCNOP(=O)(OC(C)C)OC(C)C. The fraction of sp³-hybridized carbons (Fsp3) is 1.00. The smallest absolute Gasteiger partial charge is 0.283 e. The highest BCUT2D eigenvalue weighted by atomic mass is 31.2. The lowest BCUT2D eigenvalue weighted by Gasteiger charge is -2.21. The van der Waals surface area contributed by atoms with Gasteiger partial charge >= 0.3 is 7.82 Å². The van der Waals surface area contributed by atoms with Gasteiger partial charge in [0, 0.05) is 6.54 Å². The van der Waals surface area contributed by atoms with E-state index in [1.165, 1.54) is 89.9 Å². The molecule has 0 rings (SSSR count). The van der Waals surface area contributed by atoms with E-state index < -0.39 is 7.82 Å². The van der Waals surface area contributed by atoms with E-state index in [0.717, 1.165) is 12.8 Å². The van der Waals surface area contributed by atoms with Gasteiger partial charge in [-0.05, 0) is 34.1 Å². The van der Waals surface area contributed by atoms with Crippen LogP contribution < -0.4 is 5.48 Å². The molecule has 5 nitrogen and oxygen atoms in total. The molecule has 0 unspecified atom stereocenters. The van der Waals surface area contributed by atoms with Crippen molar-refractivity contribution >= 4 is 7.82 Å².